The summed E-state index contributed by atoms with van der Waals surface area (Å²) in [5.41, 5.74) is 0.752. The van der Waals surface area contributed by atoms with Gasteiger partial charge in [0, 0.05) is 38.2 Å². The third kappa shape index (κ3) is 5.34. The van der Waals surface area contributed by atoms with Crippen molar-refractivity contribution in [2.24, 2.45) is 0 Å². The smallest absolute Gasteiger partial charge is 0.340 e. The molecule has 2 aromatic rings. The molecule has 0 spiro atoms. The van der Waals surface area contributed by atoms with Crippen LogP contribution >= 0.6 is 0 Å². The zero-order valence-corrected chi connectivity index (χ0v) is 15.0. The number of non-ortho nitro benzene ring substituents is 1. The second-order valence-corrected chi connectivity index (χ2v) is 6.02. The highest BCUT2D eigenvalue weighted by atomic mass is 19.1. The van der Waals surface area contributed by atoms with Crippen molar-refractivity contribution in [1.82, 2.24) is 0 Å². The molecule has 0 unspecified atom stereocenters. The molecule has 0 aromatic heterocycles. The largest absolute Gasteiger partial charge is 0.462 e. The van der Waals surface area contributed by atoms with Crippen LogP contribution < -0.4 is 4.90 Å². The van der Waals surface area contributed by atoms with Crippen LogP contribution in [0.1, 0.15) is 33.6 Å². The van der Waals surface area contributed by atoms with Crippen LogP contribution in [0.3, 0.4) is 0 Å². The zero-order chi connectivity index (χ0) is 20.0. The molecule has 0 aliphatic heterocycles. The van der Waals surface area contributed by atoms with Crippen LogP contribution in [0.2, 0.25) is 0 Å². The van der Waals surface area contributed by atoms with E-state index < -0.39 is 16.7 Å². The second-order valence-electron chi connectivity index (χ2n) is 6.02. The van der Waals surface area contributed by atoms with Gasteiger partial charge in [0.15, 0.2) is 5.78 Å². The van der Waals surface area contributed by atoms with Gasteiger partial charge in [-0.25, -0.2) is 9.18 Å². The molecule has 2 aromatic carbocycles. The average molecular weight is 374 g/mol. The Morgan fingerprint density at radius 3 is 2.41 bits per heavy atom. The van der Waals surface area contributed by atoms with E-state index in [-0.39, 0.29) is 36.5 Å². The number of nitro benzene ring substituents is 1. The number of ether oxygens (including phenoxy) is 1. The van der Waals surface area contributed by atoms with Crippen molar-refractivity contribution < 1.29 is 23.6 Å². The van der Waals surface area contributed by atoms with Gasteiger partial charge in [0.25, 0.3) is 5.69 Å². The molecule has 0 atom stereocenters. The number of halogens is 1. The fourth-order valence-electron chi connectivity index (χ4n) is 2.45. The van der Waals surface area contributed by atoms with Gasteiger partial charge in [0.2, 0.25) is 0 Å². The third-order valence-corrected chi connectivity index (χ3v) is 3.84. The van der Waals surface area contributed by atoms with Crippen LogP contribution in [0.15, 0.2) is 42.5 Å². The molecule has 0 radical (unpaired) electrons. The van der Waals surface area contributed by atoms with Crippen LogP contribution in [0.25, 0.3) is 0 Å². The molecule has 0 bridgehead atoms. The Labute approximate surface area is 155 Å². The number of anilines is 1. The summed E-state index contributed by atoms with van der Waals surface area (Å²) in [7, 11) is 3.42. The summed E-state index contributed by atoms with van der Waals surface area (Å²) in [6.07, 6.45) is 0.419. The number of Topliss-reactive ketones (excluding diaryl/α,β-unsaturated/α-hetero) is 1. The molecular weight excluding hydrogens is 355 g/mol. The summed E-state index contributed by atoms with van der Waals surface area (Å²) in [6.45, 7) is -0.0126. The van der Waals surface area contributed by atoms with E-state index in [4.69, 9.17) is 4.74 Å². The van der Waals surface area contributed by atoms with E-state index >= 15 is 0 Å². The normalized spacial score (nSPS) is 10.3. The number of rotatable bonds is 8. The van der Waals surface area contributed by atoms with Gasteiger partial charge in [-0.15, -0.1) is 0 Å². The molecule has 0 heterocycles. The highest BCUT2D eigenvalue weighted by Gasteiger charge is 2.19. The summed E-state index contributed by atoms with van der Waals surface area (Å²) in [6, 6.07) is 9.17. The Morgan fingerprint density at radius 1 is 1.15 bits per heavy atom. The van der Waals surface area contributed by atoms with Gasteiger partial charge in [-0.05, 0) is 36.8 Å². The lowest BCUT2D eigenvalue weighted by atomic mass is 10.1. The monoisotopic (exact) mass is 374 g/mol. The predicted molar refractivity (Wildman–Crippen MR) is 97.7 cm³/mol. The molecule has 8 heteroatoms. The maximum absolute atomic E-state index is 12.9. The minimum atomic E-state index is -0.698. The molecule has 2 rings (SSSR count). The van der Waals surface area contributed by atoms with Crippen LogP contribution in [0.4, 0.5) is 15.8 Å². The fraction of sp³-hybridized carbons (Fsp3) is 0.263. The molecule has 0 aliphatic rings. The molecule has 0 N–H and O–H groups in total. The Balaban J connectivity index is 1.95. The van der Waals surface area contributed by atoms with E-state index in [2.05, 4.69) is 0 Å². The third-order valence-electron chi connectivity index (χ3n) is 3.84. The molecule has 27 heavy (non-hydrogen) atoms. The summed E-state index contributed by atoms with van der Waals surface area (Å²) >= 11 is 0. The number of ketones is 1. The number of nitrogens with zero attached hydrogens (tertiary/aromatic N) is 2. The number of hydrogen-bond donors (Lipinski definition) is 0. The Kier molecular flexibility index (Phi) is 6.59. The van der Waals surface area contributed by atoms with Crippen LogP contribution in [-0.2, 0) is 4.74 Å². The van der Waals surface area contributed by atoms with Gasteiger partial charge >= 0.3 is 5.97 Å². The number of benzene rings is 2. The van der Waals surface area contributed by atoms with Crippen molar-refractivity contribution >= 4 is 23.1 Å². The Bertz CT molecular complexity index is 850. The fourth-order valence-corrected chi connectivity index (χ4v) is 2.45. The average Bonchev–Trinajstić information content (AvgIpc) is 2.64. The second kappa shape index (κ2) is 8.88. The minimum absolute atomic E-state index is 0.0126. The molecule has 7 nitrogen and oxygen atoms in total. The summed E-state index contributed by atoms with van der Waals surface area (Å²) in [5, 5.41) is 10.9. The highest BCUT2D eigenvalue weighted by Crippen LogP contribution is 2.25. The minimum Gasteiger partial charge on any atom is -0.462 e. The lowest BCUT2D eigenvalue weighted by Gasteiger charge is -2.16. The molecular formula is C19H19FN2O5. The quantitative estimate of drug-likeness (QED) is 0.230. The number of carbonyl (C=O) groups is 2. The number of carbonyl (C=O) groups excluding carboxylic acids is 2. The van der Waals surface area contributed by atoms with E-state index in [0.717, 1.165) is 0 Å². The maximum Gasteiger partial charge on any atom is 0.340 e. The maximum atomic E-state index is 12.9. The molecule has 0 aliphatic carbocycles. The van der Waals surface area contributed by atoms with E-state index in [1.165, 1.54) is 42.5 Å². The van der Waals surface area contributed by atoms with Gasteiger partial charge < -0.3 is 9.64 Å². The van der Waals surface area contributed by atoms with E-state index in [1.807, 2.05) is 0 Å². The predicted octanol–water partition coefficient (Wildman–Crippen LogP) is 3.62. The van der Waals surface area contributed by atoms with Crippen molar-refractivity contribution in [1.29, 1.82) is 0 Å². The number of nitro groups is 1. The lowest BCUT2D eigenvalue weighted by Crippen LogP contribution is -2.16. The highest BCUT2D eigenvalue weighted by molar-refractivity contribution is 5.97. The number of esters is 1. The molecule has 0 fully saturated rings. The number of hydrogen-bond acceptors (Lipinski definition) is 6. The summed E-state index contributed by atoms with van der Waals surface area (Å²) in [4.78, 5) is 36.3. The SMILES string of the molecule is CN(C)c1ccc([N+](=O)[O-])cc1C(=O)OCCCC(=O)c1ccc(F)cc1. The zero-order valence-electron chi connectivity index (χ0n) is 15.0. The van der Waals surface area contributed by atoms with Crippen molar-refractivity contribution in [3.63, 3.8) is 0 Å². The summed E-state index contributed by atoms with van der Waals surface area (Å²) < 4.78 is 18.0. The van der Waals surface area contributed by atoms with Crippen molar-refractivity contribution in [3.8, 4) is 0 Å². The first-order valence-corrected chi connectivity index (χ1v) is 8.21. The standard InChI is InChI=1S/C19H19FN2O5/c1-21(2)17-10-9-15(22(25)26)12-16(17)19(24)27-11-3-4-18(23)13-5-7-14(20)8-6-13/h5-10,12H,3-4,11H2,1-2H3. The van der Waals surface area contributed by atoms with Gasteiger partial charge in [-0.3, -0.25) is 14.9 Å². The van der Waals surface area contributed by atoms with E-state index in [9.17, 15) is 24.1 Å². The summed E-state index contributed by atoms with van der Waals surface area (Å²) in [5.74, 6) is -1.30. The van der Waals surface area contributed by atoms with Gasteiger partial charge in [0.1, 0.15) is 5.82 Å². The molecule has 0 saturated heterocycles. The Morgan fingerprint density at radius 2 is 1.81 bits per heavy atom. The molecule has 142 valence electrons. The van der Waals surface area contributed by atoms with Crippen molar-refractivity contribution in [2.45, 2.75) is 12.8 Å². The molecule has 0 saturated carbocycles. The van der Waals surface area contributed by atoms with Gasteiger partial charge in [0.05, 0.1) is 22.8 Å². The first-order valence-electron chi connectivity index (χ1n) is 8.21. The van der Waals surface area contributed by atoms with E-state index in [1.54, 1.807) is 19.0 Å². The van der Waals surface area contributed by atoms with Crippen molar-refractivity contribution in [3.05, 3.63) is 69.5 Å². The Hall–Kier alpha value is -3.29. The first kappa shape index (κ1) is 20.0. The lowest BCUT2D eigenvalue weighted by molar-refractivity contribution is -0.384. The van der Waals surface area contributed by atoms with E-state index in [0.29, 0.717) is 11.3 Å². The topological polar surface area (TPSA) is 89.8 Å². The van der Waals surface area contributed by atoms with Crippen LogP contribution in [0.5, 0.6) is 0 Å². The first-order chi connectivity index (χ1) is 12.8. The van der Waals surface area contributed by atoms with Gasteiger partial charge in [-0.2, -0.15) is 0 Å². The van der Waals surface area contributed by atoms with Crippen LogP contribution in [-0.4, -0.2) is 37.4 Å². The van der Waals surface area contributed by atoms with Crippen LogP contribution in [0, 0.1) is 15.9 Å². The van der Waals surface area contributed by atoms with Crippen molar-refractivity contribution in [2.75, 3.05) is 25.6 Å². The molecule has 0 amide bonds. The van der Waals surface area contributed by atoms with Gasteiger partial charge in [-0.1, -0.05) is 0 Å².